The Hall–Kier alpha value is -2.06. The maximum atomic E-state index is 10.2. The Kier molecular flexibility index (Phi) is 13.1. The summed E-state index contributed by atoms with van der Waals surface area (Å²) in [6.45, 7) is 2.05. The van der Waals surface area contributed by atoms with Crippen molar-refractivity contribution in [3.63, 3.8) is 0 Å². The smallest absolute Gasteiger partial charge is 0.320 e. The summed E-state index contributed by atoms with van der Waals surface area (Å²) >= 11 is 0. The Labute approximate surface area is 76.8 Å². The van der Waals surface area contributed by atoms with E-state index in [1.807, 2.05) is 0 Å². The number of hydrogen-bond donors (Lipinski definition) is 0. The van der Waals surface area contributed by atoms with E-state index in [4.69, 9.17) is 15.8 Å². The third-order valence-electron chi connectivity index (χ3n) is 0.687. The quantitative estimate of drug-likeness (QED) is 0.586. The van der Waals surface area contributed by atoms with Crippen molar-refractivity contribution in [2.45, 2.75) is 19.8 Å². The lowest BCUT2D eigenvalue weighted by Crippen LogP contribution is -2.01. The molecule has 0 saturated carbocycles. The topological polar surface area (TPSA) is 97.7 Å². The fraction of sp³-hybridized carbons (Fsp3) is 0.500. The first-order chi connectivity index (χ1) is 6.22. The predicted octanol–water partition coefficient (Wildman–Crippen LogP) is 0.887. The van der Waals surface area contributed by atoms with Crippen LogP contribution in [-0.2, 0) is 9.53 Å². The van der Waals surface area contributed by atoms with Crippen molar-refractivity contribution >= 4 is 5.97 Å². The summed E-state index contributed by atoms with van der Waals surface area (Å²) in [5, 5.41) is 23.1. The molecule has 0 atom stereocenters. The summed E-state index contributed by atoms with van der Waals surface area (Å²) in [5.74, 6) is -0.449. The van der Waals surface area contributed by atoms with Crippen molar-refractivity contribution in [1.82, 2.24) is 0 Å². The zero-order chi connectivity index (χ0) is 10.5. The molecule has 0 aromatic heterocycles. The van der Waals surface area contributed by atoms with Crippen LogP contribution in [0.2, 0.25) is 0 Å². The second kappa shape index (κ2) is 12.6. The first-order valence-electron chi connectivity index (χ1n) is 3.49. The van der Waals surface area contributed by atoms with Crippen LogP contribution < -0.4 is 0 Å². The molecule has 0 aliphatic carbocycles. The third kappa shape index (κ3) is 17.8. The van der Waals surface area contributed by atoms with Gasteiger partial charge in [0.1, 0.15) is 12.8 Å². The van der Waals surface area contributed by atoms with Crippen LogP contribution in [0.1, 0.15) is 19.8 Å². The van der Waals surface area contributed by atoms with Gasteiger partial charge in [0.05, 0.1) is 24.8 Å². The average molecular weight is 179 g/mol. The van der Waals surface area contributed by atoms with Gasteiger partial charge in [-0.2, -0.15) is 15.8 Å². The molecule has 0 aliphatic heterocycles. The van der Waals surface area contributed by atoms with Gasteiger partial charge in [0.2, 0.25) is 0 Å². The molecule has 0 N–H and O–H groups in total. The van der Waals surface area contributed by atoms with Gasteiger partial charge in [-0.25, -0.2) is 0 Å². The lowest BCUT2D eigenvalue weighted by molar-refractivity contribution is -0.141. The fourth-order valence-electron chi connectivity index (χ4n) is 0.312. The minimum absolute atomic E-state index is 0. The Bertz CT molecular complexity index is 242. The minimum Gasteiger partial charge on any atom is -0.465 e. The molecule has 0 radical (unpaired) electrons. The van der Waals surface area contributed by atoms with Crippen molar-refractivity contribution in [3.8, 4) is 18.2 Å². The maximum Gasteiger partial charge on any atom is 0.320 e. The molecule has 0 aromatic rings. The number of nitrogens with zero attached hydrogens (tertiary/aromatic N) is 3. The van der Waals surface area contributed by atoms with Gasteiger partial charge in [-0.15, -0.1) is 0 Å². The first-order valence-corrected chi connectivity index (χ1v) is 3.49. The number of nitriles is 3. The summed E-state index contributed by atoms with van der Waals surface area (Å²) < 4.78 is 4.42. The molecule has 0 aliphatic rings. The second-order valence-corrected chi connectivity index (χ2v) is 1.63. The Balaban J connectivity index is 0. The average Bonchev–Trinajstić information content (AvgIpc) is 2.08. The van der Waals surface area contributed by atoms with Crippen LogP contribution in [0.3, 0.4) is 0 Å². The first kappa shape index (κ1) is 13.5. The van der Waals surface area contributed by atoms with Gasteiger partial charge >= 0.3 is 5.97 Å². The molecule has 0 spiro atoms. The highest BCUT2D eigenvalue weighted by atomic mass is 16.5. The molecule has 0 saturated heterocycles. The highest BCUT2D eigenvalue weighted by Crippen LogP contribution is 1.81. The summed E-state index contributed by atoms with van der Waals surface area (Å²) in [5.41, 5.74) is 0. The fourth-order valence-corrected chi connectivity index (χ4v) is 0.312. The van der Waals surface area contributed by atoms with Crippen LogP contribution in [0.15, 0.2) is 0 Å². The summed E-state index contributed by atoms with van der Waals surface area (Å²) in [6, 6.07) is 4.99. The van der Waals surface area contributed by atoms with Crippen LogP contribution in [-0.4, -0.2) is 12.6 Å². The molecular weight excluding hydrogens is 170 g/mol. The molecule has 13 heavy (non-hydrogen) atoms. The standard InChI is InChI=1S/C5H7NO2.C3H2N2/c1-2-8-5(7)3-4-6;4-2-1-3-5/h2-3H2,1H3;1H2. The predicted molar refractivity (Wildman–Crippen MR) is 42.7 cm³/mol. The maximum absolute atomic E-state index is 10.2. The van der Waals surface area contributed by atoms with Gasteiger partial charge in [-0.05, 0) is 6.92 Å². The molecule has 0 heterocycles. The van der Waals surface area contributed by atoms with Crippen molar-refractivity contribution in [2.75, 3.05) is 6.61 Å². The second-order valence-electron chi connectivity index (χ2n) is 1.63. The van der Waals surface area contributed by atoms with Crippen LogP contribution in [0.25, 0.3) is 0 Å². The van der Waals surface area contributed by atoms with Crippen LogP contribution in [0.5, 0.6) is 0 Å². The number of esters is 1. The van der Waals surface area contributed by atoms with E-state index in [9.17, 15) is 4.79 Å². The normalized spacial score (nSPS) is 6.31. The number of hydrogen-bond acceptors (Lipinski definition) is 5. The van der Waals surface area contributed by atoms with Gasteiger partial charge in [0.15, 0.2) is 0 Å². The molecule has 0 aromatic carbocycles. The van der Waals surface area contributed by atoms with Crippen molar-refractivity contribution in [2.24, 2.45) is 0 Å². The monoisotopic (exact) mass is 179 g/mol. The minimum atomic E-state index is -0.449. The van der Waals surface area contributed by atoms with Crippen LogP contribution in [0.4, 0.5) is 0 Å². The Morgan fingerprint density at radius 2 is 1.77 bits per heavy atom. The highest BCUT2D eigenvalue weighted by molar-refractivity contribution is 5.71. The van der Waals surface area contributed by atoms with Crippen molar-refractivity contribution in [3.05, 3.63) is 0 Å². The van der Waals surface area contributed by atoms with E-state index in [0.717, 1.165) is 0 Å². The van der Waals surface area contributed by atoms with Gasteiger partial charge < -0.3 is 4.74 Å². The lowest BCUT2D eigenvalue weighted by Gasteiger charge is -1.92. The highest BCUT2D eigenvalue weighted by Gasteiger charge is 1.95. The summed E-state index contributed by atoms with van der Waals surface area (Å²) in [7, 11) is 0. The molecular formula is C8H9N3O2. The SMILES string of the molecule is CCOC(=O)CC#N.N#CCC#N. The molecule has 5 nitrogen and oxygen atoms in total. The molecule has 5 heteroatoms. The summed E-state index contributed by atoms with van der Waals surface area (Å²) in [6.07, 6.45) is -0.145. The number of carbonyl (C=O) groups is 1. The van der Waals surface area contributed by atoms with Gasteiger partial charge in [-0.3, -0.25) is 4.79 Å². The third-order valence-corrected chi connectivity index (χ3v) is 0.687. The number of ether oxygens (including phenoxy) is 1. The van der Waals surface area contributed by atoms with E-state index in [2.05, 4.69) is 4.74 Å². The van der Waals surface area contributed by atoms with Gasteiger partial charge in [0, 0.05) is 0 Å². The Morgan fingerprint density at radius 3 is 2.00 bits per heavy atom. The van der Waals surface area contributed by atoms with E-state index in [1.54, 1.807) is 25.1 Å². The molecule has 0 bridgehead atoms. The molecule has 0 amide bonds. The van der Waals surface area contributed by atoms with Gasteiger partial charge in [0.25, 0.3) is 0 Å². The zero-order valence-corrected chi connectivity index (χ0v) is 7.28. The van der Waals surface area contributed by atoms with E-state index in [1.165, 1.54) is 0 Å². The van der Waals surface area contributed by atoms with Crippen molar-refractivity contribution in [1.29, 1.82) is 15.8 Å². The van der Waals surface area contributed by atoms with E-state index >= 15 is 0 Å². The van der Waals surface area contributed by atoms with E-state index in [0.29, 0.717) is 6.61 Å². The molecule has 68 valence electrons. The number of carbonyl (C=O) groups excluding carboxylic acids is 1. The zero-order valence-electron chi connectivity index (χ0n) is 7.28. The van der Waals surface area contributed by atoms with Crippen LogP contribution in [0, 0.1) is 34.0 Å². The lowest BCUT2D eigenvalue weighted by atomic mass is 10.5. The summed E-state index contributed by atoms with van der Waals surface area (Å²) in [4.78, 5) is 10.2. The van der Waals surface area contributed by atoms with Gasteiger partial charge in [-0.1, -0.05) is 0 Å². The van der Waals surface area contributed by atoms with E-state index in [-0.39, 0.29) is 12.8 Å². The molecule has 0 fully saturated rings. The number of rotatable bonds is 2. The van der Waals surface area contributed by atoms with Crippen LogP contribution >= 0.6 is 0 Å². The molecule has 0 unspecified atom stereocenters. The molecule has 0 rings (SSSR count). The van der Waals surface area contributed by atoms with E-state index < -0.39 is 5.97 Å². The largest absolute Gasteiger partial charge is 0.465 e. The Morgan fingerprint density at radius 1 is 1.23 bits per heavy atom. The van der Waals surface area contributed by atoms with Crippen molar-refractivity contribution < 1.29 is 9.53 Å².